The van der Waals surface area contributed by atoms with E-state index < -0.39 is 0 Å². The molecule has 2 rings (SSSR count). The number of aromatic nitrogens is 2. The molecule has 0 unspecified atom stereocenters. The van der Waals surface area contributed by atoms with Gasteiger partial charge in [0.05, 0.1) is 12.0 Å². The van der Waals surface area contributed by atoms with Gasteiger partial charge in [0, 0.05) is 25.9 Å². The molecule has 0 saturated heterocycles. The van der Waals surface area contributed by atoms with Gasteiger partial charge in [-0.3, -0.25) is 0 Å². The van der Waals surface area contributed by atoms with Crippen molar-refractivity contribution in [3.05, 3.63) is 42.1 Å². The zero-order valence-electron chi connectivity index (χ0n) is 10.3. The van der Waals surface area contributed by atoms with Crippen LogP contribution in [0.25, 0.3) is 5.69 Å². The third-order valence-corrected chi connectivity index (χ3v) is 2.30. The lowest BCUT2D eigenvalue weighted by molar-refractivity contribution is 0.642. The van der Waals surface area contributed by atoms with Crippen LogP contribution in [-0.4, -0.2) is 35.1 Å². The highest BCUT2D eigenvalue weighted by atomic mass is 15.3. The first-order valence-corrected chi connectivity index (χ1v) is 5.49. The minimum Gasteiger partial charge on any atom is -0.369 e. The van der Waals surface area contributed by atoms with E-state index in [1.54, 1.807) is 6.34 Å². The van der Waals surface area contributed by atoms with Crippen molar-refractivity contribution in [2.75, 3.05) is 14.1 Å². The quantitative estimate of drug-likeness (QED) is 0.597. The number of hydrogen-bond acceptors (Lipinski definition) is 2. The highest BCUT2D eigenvalue weighted by molar-refractivity contribution is 5.59. The maximum absolute atomic E-state index is 4.44. The predicted molar refractivity (Wildman–Crippen MR) is 70.1 cm³/mol. The maximum Gasteiger partial charge on any atom is 0.175 e. The van der Waals surface area contributed by atoms with E-state index in [1.165, 1.54) is 0 Å². The van der Waals surface area contributed by atoms with E-state index in [4.69, 9.17) is 0 Å². The molecule has 0 atom stereocenters. The summed E-state index contributed by atoms with van der Waals surface area (Å²) in [5.74, 6) is 0.722. The van der Waals surface area contributed by atoms with Crippen molar-refractivity contribution in [1.29, 1.82) is 0 Å². The standard InChI is InChI=1S/C13H16N4/c1-11-9-13(14-10-16(2)3)15-17(11)12-7-5-4-6-8-12/h4-10H,1-3H3. The van der Waals surface area contributed by atoms with E-state index in [1.807, 2.05) is 67.0 Å². The molecule has 0 bridgehead atoms. The number of aliphatic imine (C=N–C) groups is 1. The van der Waals surface area contributed by atoms with Crippen LogP contribution < -0.4 is 0 Å². The summed E-state index contributed by atoms with van der Waals surface area (Å²) in [4.78, 5) is 6.17. The van der Waals surface area contributed by atoms with Gasteiger partial charge >= 0.3 is 0 Å². The first kappa shape index (κ1) is 11.4. The van der Waals surface area contributed by atoms with Crippen molar-refractivity contribution in [3.8, 4) is 5.69 Å². The lowest BCUT2D eigenvalue weighted by Gasteiger charge is -2.02. The fraction of sp³-hybridized carbons (Fsp3) is 0.231. The Morgan fingerprint density at radius 2 is 1.94 bits per heavy atom. The second-order valence-corrected chi connectivity index (χ2v) is 4.10. The van der Waals surface area contributed by atoms with Gasteiger partial charge in [0.1, 0.15) is 0 Å². The lowest BCUT2D eigenvalue weighted by atomic mass is 10.3. The van der Waals surface area contributed by atoms with Crippen molar-refractivity contribution in [1.82, 2.24) is 14.7 Å². The van der Waals surface area contributed by atoms with Crippen LogP contribution in [0.15, 0.2) is 41.4 Å². The Morgan fingerprint density at radius 3 is 2.59 bits per heavy atom. The molecule has 1 heterocycles. The van der Waals surface area contributed by atoms with E-state index in [0.29, 0.717) is 0 Å². The predicted octanol–water partition coefficient (Wildman–Crippen LogP) is 2.40. The molecule has 0 spiro atoms. The number of nitrogens with zero attached hydrogens (tertiary/aromatic N) is 4. The summed E-state index contributed by atoms with van der Waals surface area (Å²) in [5.41, 5.74) is 2.12. The summed E-state index contributed by atoms with van der Waals surface area (Å²) < 4.78 is 1.89. The third-order valence-electron chi connectivity index (χ3n) is 2.30. The second kappa shape index (κ2) is 4.82. The number of benzene rings is 1. The van der Waals surface area contributed by atoms with Crippen molar-refractivity contribution in [2.45, 2.75) is 6.92 Å². The van der Waals surface area contributed by atoms with E-state index in [2.05, 4.69) is 10.1 Å². The number of para-hydroxylation sites is 1. The van der Waals surface area contributed by atoms with E-state index in [0.717, 1.165) is 17.2 Å². The maximum atomic E-state index is 4.44. The molecule has 0 aliphatic heterocycles. The van der Waals surface area contributed by atoms with E-state index in [-0.39, 0.29) is 0 Å². The largest absolute Gasteiger partial charge is 0.369 e. The molecule has 0 aliphatic carbocycles. The van der Waals surface area contributed by atoms with Gasteiger partial charge in [-0.1, -0.05) is 18.2 Å². The number of hydrogen-bond donors (Lipinski definition) is 0. The molecule has 17 heavy (non-hydrogen) atoms. The molecule has 0 amide bonds. The molecular weight excluding hydrogens is 212 g/mol. The van der Waals surface area contributed by atoms with E-state index in [9.17, 15) is 0 Å². The Balaban J connectivity index is 2.32. The zero-order chi connectivity index (χ0) is 12.3. The molecule has 1 aromatic heterocycles. The molecule has 4 heteroatoms. The molecule has 0 radical (unpaired) electrons. The Hall–Kier alpha value is -2.10. The van der Waals surface area contributed by atoms with Crippen molar-refractivity contribution in [2.24, 2.45) is 4.99 Å². The SMILES string of the molecule is Cc1cc(N=CN(C)C)nn1-c1ccccc1. The summed E-state index contributed by atoms with van der Waals surface area (Å²) in [6.45, 7) is 2.02. The first-order chi connectivity index (χ1) is 8.16. The molecule has 4 nitrogen and oxygen atoms in total. The average molecular weight is 228 g/mol. The smallest absolute Gasteiger partial charge is 0.175 e. The summed E-state index contributed by atoms with van der Waals surface area (Å²) in [6, 6.07) is 12.0. The van der Waals surface area contributed by atoms with Crippen molar-refractivity contribution in [3.63, 3.8) is 0 Å². The molecule has 1 aromatic carbocycles. The van der Waals surface area contributed by atoms with Gasteiger partial charge in [0.2, 0.25) is 0 Å². The van der Waals surface area contributed by atoms with Crippen LogP contribution >= 0.6 is 0 Å². The molecule has 0 aliphatic rings. The Labute approximate surface area is 101 Å². The number of rotatable bonds is 3. The monoisotopic (exact) mass is 228 g/mol. The van der Waals surface area contributed by atoms with Crippen LogP contribution in [0.2, 0.25) is 0 Å². The van der Waals surface area contributed by atoms with Gasteiger partial charge < -0.3 is 4.90 Å². The molecule has 0 N–H and O–H groups in total. The number of aryl methyl sites for hydroxylation is 1. The topological polar surface area (TPSA) is 33.4 Å². The van der Waals surface area contributed by atoms with Gasteiger partial charge in [0.15, 0.2) is 5.82 Å². The van der Waals surface area contributed by atoms with Gasteiger partial charge in [-0.05, 0) is 19.1 Å². The Bertz CT molecular complexity index is 511. The van der Waals surface area contributed by atoms with Crippen LogP contribution in [0.1, 0.15) is 5.69 Å². The van der Waals surface area contributed by atoms with E-state index >= 15 is 0 Å². The second-order valence-electron chi connectivity index (χ2n) is 4.10. The zero-order valence-corrected chi connectivity index (χ0v) is 10.3. The van der Waals surface area contributed by atoms with Gasteiger partial charge in [-0.25, -0.2) is 9.67 Å². The summed E-state index contributed by atoms with van der Waals surface area (Å²) in [7, 11) is 3.87. The van der Waals surface area contributed by atoms with Crippen LogP contribution in [0, 0.1) is 6.92 Å². The summed E-state index contributed by atoms with van der Waals surface area (Å²) in [6.07, 6.45) is 1.75. The Kier molecular flexibility index (Phi) is 3.23. The molecule has 88 valence electrons. The van der Waals surface area contributed by atoms with Crippen LogP contribution in [0.4, 0.5) is 5.82 Å². The Morgan fingerprint density at radius 1 is 1.24 bits per heavy atom. The highest BCUT2D eigenvalue weighted by Gasteiger charge is 2.04. The van der Waals surface area contributed by atoms with Gasteiger partial charge in [-0.15, -0.1) is 5.10 Å². The average Bonchev–Trinajstić information content (AvgIpc) is 2.69. The molecule has 0 fully saturated rings. The van der Waals surface area contributed by atoms with Gasteiger partial charge in [-0.2, -0.15) is 0 Å². The minimum atomic E-state index is 0.722. The normalized spacial score (nSPS) is 11.0. The lowest BCUT2D eigenvalue weighted by Crippen LogP contribution is -2.07. The highest BCUT2D eigenvalue weighted by Crippen LogP contribution is 2.16. The summed E-state index contributed by atoms with van der Waals surface area (Å²) in [5, 5.41) is 4.44. The van der Waals surface area contributed by atoms with Crippen molar-refractivity contribution < 1.29 is 0 Å². The summed E-state index contributed by atoms with van der Waals surface area (Å²) >= 11 is 0. The van der Waals surface area contributed by atoms with Crippen LogP contribution in [-0.2, 0) is 0 Å². The minimum absolute atomic E-state index is 0.722. The van der Waals surface area contributed by atoms with Crippen LogP contribution in [0.5, 0.6) is 0 Å². The fourth-order valence-electron chi connectivity index (χ4n) is 1.53. The third kappa shape index (κ3) is 2.72. The fourth-order valence-corrected chi connectivity index (χ4v) is 1.53. The van der Waals surface area contributed by atoms with Gasteiger partial charge in [0.25, 0.3) is 0 Å². The molecule has 2 aromatic rings. The van der Waals surface area contributed by atoms with Crippen LogP contribution in [0.3, 0.4) is 0 Å². The van der Waals surface area contributed by atoms with Crippen molar-refractivity contribution >= 4 is 12.2 Å². The first-order valence-electron chi connectivity index (χ1n) is 5.49. The molecular formula is C13H16N4. The molecule has 0 saturated carbocycles.